The second-order valence-corrected chi connectivity index (χ2v) is 3.36. The smallest absolute Gasteiger partial charge is 0.0237 e. The third-order valence-electron chi connectivity index (χ3n) is 2.32. The fraction of sp³-hybridized carbons (Fsp3) is 1.00. The van der Waals surface area contributed by atoms with Crippen molar-refractivity contribution in [3.05, 3.63) is 0 Å². The summed E-state index contributed by atoms with van der Waals surface area (Å²) in [6.45, 7) is 3.12. The molecule has 2 N–H and O–H groups in total. The van der Waals surface area contributed by atoms with E-state index in [1.807, 2.05) is 0 Å². The maximum atomic E-state index is 8.90. The summed E-state index contributed by atoms with van der Waals surface area (Å²) in [7, 11) is 1.71. The molecule has 0 aromatic rings. The molecule has 1 fully saturated rings. The number of hydroxylamine groups is 2. The van der Waals surface area contributed by atoms with Crippen LogP contribution in [0.25, 0.3) is 0 Å². The highest BCUT2D eigenvalue weighted by Gasteiger charge is 2.12. The van der Waals surface area contributed by atoms with Gasteiger partial charge in [-0.25, -0.2) is 0 Å². The average molecular weight is 158 g/mol. The lowest BCUT2D eigenvalue weighted by atomic mass is 9.95. The third kappa shape index (κ3) is 3.70. The highest BCUT2D eigenvalue weighted by atomic mass is 16.5. The molecule has 0 aromatic heterocycles. The molecular formula is C8H18N2O. The molecule has 3 nitrogen and oxygen atoms in total. The van der Waals surface area contributed by atoms with Crippen molar-refractivity contribution in [3.63, 3.8) is 0 Å². The average Bonchev–Trinajstić information content (AvgIpc) is 2.03. The van der Waals surface area contributed by atoms with E-state index in [4.69, 9.17) is 5.21 Å². The fourth-order valence-electron chi connectivity index (χ4n) is 1.54. The molecule has 1 aliphatic rings. The second kappa shape index (κ2) is 4.70. The van der Waals surface area contributed by atoms with Gasteiger partial charge in [0.15, 0.2) is 0 Å². The van der Waals surface area contributed by atoms with E-state index in [-0.39, 0.29) is 0 Å². The Balaban J connectivity index is 2.05. The Morgan fingerprint density at radius 2 is 2.09 bits per heavy atom. The molecule has 0 saturated carbocycles. The number of piperidine rings is 1. The molecule has 0 spiro atoms. The van der Waals surface area contributed by atoms with Crippen LogP contribution in [-0.4, -0.2) is 37.0 Å². The lowest BCUT2D eigenvalue weighted by molar-refractivity contribution is -0.0687. The molecule has 0 aromatic carbocycles. The Morgan fingerprint density at radius 1 is 1.45 bits per heavy atom. The van der Waals surface area contributed by atoms with Crippen molar-refractivity contribution in [1.29, 1.82) is 0 Å². The molecule has 0 aliphatic carbocycles. The molecule has 0 amide bonds. The van der Waals surface area contributed by atoms with Crippen molar-refractivity contribution in [2.24, 2.45) is 5.92 Å². The molecule has 1 rings (SSSR count). The van der Waals surface area contributed by atoms with Crippen LogP contribution < -0.4 is 5.32 Å². The van der Waals surface area contributed by atoms with E-state index >= 15 is 0 Å². The first-order valence-electron chi connectivity index (χ1n) is 4.40. The van der Waals surface area contributed by atoms with Crippen molar-refractivity contribution in [2.45, 2.75) is 19.3 Å². The Labute approximate surface area is 68.3 Å². The van der Waals surface area contributed by atoms with Gasteiger partial charge < -0.3 is 10.5 Å². The van der Waals surface area contributed by atoms with Gasteiger partial charge in [0.25, 0.3) is 0 Å². The van der Waals surface area contributed by atoms with Gasteiger partial charge in [-0.05, 0) is 38.3 Å². The van der Waals surface area contributed by atoms with Crippen LogP contribution in [0, 0.1) is 5.92 Å². The van der Waals surface area contributed by atoms with Crippen molar-refractivity contribution >= 4 is 0 Å². The van der Waals surface area contributed by atoms with Gasteiger partial charge in [0, 0.05) is 13.6 Å². The highest BCUT2D eigenvalue weighted by molar-refractivity contribution is 4.68. The minimum Gasteiger partial charge on any atom is -0.317 e. The van der Waals surface area contributed by atoms with Gasteiger partial charge >= 0.3 is 0 Å². The van der Waals surface area contributed by atoms with E-state index in [9.17, 15) is 0 Å². The van der Waals surface area contributed by atoms with Gasteiger partial charge in [-0.3, -0.25) is 0 Å². The summed E-state index contributed by atoms with van der Waals surface area (Å²) in [6.07, 6.45) is 3.68. The fourth-order valence-corrected chi connectivity index (χ4v) is 1.54. The van der Waals surface area contributed by atoms with Crippen LogP contribution in [0.3, 0.4) is 0 Å². The largest absolute Gasteiger partial charge is 0.317 e. The molecule has 1 saturated heterocycles. The van der Waals surface area contributed by atoms with Crippen LogP contribution in [0.2, 0.25) is 0 Å². The number of rotatable bonds is 3. The third-order valence-corrected chi connectivity index (χ3v) is 2.32. The Morgan fingerprint density at radius 3 is 2.64 bits per heavy atom. The first-order chi connectivity index (χ1) is 5.29. The summed E-state index contributed by atoms with van der Waals surface area (Å²) in [4.78, 5) is 0. The second-order valence-electron chi connectivity index (χ2n) is 3.36. The van der Waals surface area contributed by atoms with Crippen LogP contribution in [-0.2, 0) is 0 Å². The van der Waals surface area contributed by atoms with Gasteiger partial charge in [-0.2, -0.15) is 5.06 Å². The van der Waals surface area contributed by atoms with Crippen LogP contribution in [0.5, 0.6) is 0 Å². The predicted octanol–water partition coefficient (Wildman–Crippen LogP) is 0.697. The summed E-state index contributed by atoms with van der Waals surface area (Å²) in [5.41, 5.74) is 0. The predicted molar refractivity (Wildman–Crippen MR) is 44.6 cm³/mol. The maximum Gasteiger partial charge on any atom is 0.0237 e. The van der Waals surface area contributed by atoms with E-state index < -0.39 is 0 Å². The summed E-state index contributed by atoms with van der Waals surface area (Å²) in [5.74, 6) is 0.825. The number of hydrogen-bond donors (Lipinski definition) is 2. The summed E-state index contributed by atoms with van der Waals surface area (Å²) in [5, 5.41) is 13.5. The van der Waals surface area contributed by atoms with Gasteiger partial charge in [0.05, 0.1) is 0 Å². The zero-order valence-corrected chi connectivity index (χ0v) is 7.21. The molecule has 3 heteroatoms. The quantitative estimate of drug-likeness (QED) is 0.593. The van der Waals surface area contributed by atoms with Crippen LogP contribution >= 0.6 is 0 Å². The van der Waals surface area contributed by atoms with Crippen molar-refractivity contribution < 1.29 is 5.21 Å². The van der Waals surface area contributed by atoms with Gasteiger partial charge in [-0.15, -0.1) is 0 Å². The Kier molecular flexibility index (Phi) is 3.83. The molecule has 0 atom stereocenters. The SMILES string of the molecule is CN(O)CCC1CCNCC1. The monoisotopic (exact) mass is 158 g/mol. The van der Waals surface area contributed by atoms with Crippen molar-refractivity contribution in [3.8, 4) is 0 Å². The van der Waals surface area contributed by atoms with Gasteiger partial charge in [0.1, 0.15) is 0 Å². The van der Waals surface area contributed by atoms with Gasteiger partial charge in [-0.1, -0.05) is 0 Å². The topological polar surface area (TPSA) is 35.5 Å². The Bertz CT molecular complexity index is 100. The first kappa shape index (κ1) is 8.97. The first-order valence-corrected chi connectivity index (χ1v) is 4.40. The number of nitrogens with one attached hydrogen (secondary N) is 1. The summed E-state index contributed by atoms with van der Waals surface area (Å²) >= 11 is 0. The summed E-state index contributed by atoms with van der Waals surface area (Å²) < 4.78 is 0. The minimum atomic E-state index is 0.810. The molecule has 1 heterocycles. The minimum absolute atomic E-state index is 0.810. The zero-order valence-electron chi connectivity index (χ0n) is 7.21. The van der Waals surface area contributed by atoms with E-state index in [1.54, 1.807) is 7.05 Å². The van der Waals surface area contributed by atoms with Crippen molar-refractivity contribution in [1.82, 2.24) is 10.4 Å². The van der Waals surface area contributed by atoms with E-state index in [0.29, 0.717) is 0 Å². The van der Waals surface area contributed by atoms with Crippen LogP contribution in [0.15, 0.2) is 0 Å². The lowest BCUT2D eigenvalue weighted by Crippen LogP contribution is -2.29. The molecule has 0 bridgehead atoms. The lowest BCUT2D eigenvalue weighted by Gasteiger charge is -2.23. The van der Waals surface area contributed by atoms with Crippen LogP contribution in [0.1, 0.15) is 19.3 Å². The molecule has 1 aliphatic heterocycles. The van der Waals surface area contributed by atoms with E-state index in [0.717, 1.165) is 32.0 Å². The number of hydrogen-bond acceptors (Lipinski definition) is 3. The van der Waals surface area contributed by atoms with Crippen molar-refractivity contribution in [2.75, 3.05) is 26.7 Å². The van der Waals surface area contributed by atoms with Gasteiger partial charge in [0.2, 0.25) is 0 Å². The molecule has 0 radical (unpaired) electrons. The Hall–Kier alpha value is -0.120. The van der Waals surface area contributed by atoms with Crippen LogP contribution in [0.4, 0.5) is 0 Å². The molecule has 11 heavy (non-hydrogen) atoms. The number of nitrogens with zero attached hydrogens (tertiary/aromatic N) is 1. The standard InChI is InChI=1S/C8H18N2O/c1-10(11)7-4-8-2-5-9-6-3-8/h8-9,11H,2-7H2,1H3. The maximum absolute atomic E-state index is 8.90. The van der Waals surface area contributed by atoms with E-state index in [1.165, 1.54) is 17.9 Å². The molecular weight excluding hydrogens is 140 g/mol. The summed E-state index contributed by atoms with van der Waals surface area (Å²) in [6, 6.07) is 0. The molecule has 0 unspecified atom stereocenters. The van der Waals surface area contributed by atoms with E-state index in [2.05, 4.69) is 5.32 Å². The zero-order chi connectivity index (χ0) is 8.10. The normalized spacial score (nSPS) is 21.0. The molecule has 66 valence electrons. The highest BCUT2D eigenvalue weighted by Crippen LogP contribution is 2.15.